The van der Waals surface area contributed by atoms with Crippen LogP contribution in [-0.4, -0.2) is 9.78 Å². The number of benzene rings is 1. The minimum Gasteiger partial charge on any atom is -0.378 e. The number of aromatic nitrogens is 2. The normalized spacial score (nSPS) is 10.8. The van der Waals surface area contributed by atoms with E-state index in [4.69, 9.17) is 0 Å². The van der Waals surface area contributed by atoms with Crippen LogP contribution in [0.5, 0.6) is 0 Å². The molecular formula is C16H16FN3S. The molecule has 0 aliphatic carbocycles. The summed E-state index contributed by atoms with van der Waals surface area (Å²) in [6.45, 7) is 3.54. The van der Waals surface area contributed by atoms with Gasteiger partial charge in [-0.2, -0.15) is 5.10 Å². The van der Waals surface area contributed by atoms with Crippen LogP contribution in [0.2, 0.25) is 0 Å². The molecule has 0 saturated heterocycles. The van der Waals surface area contributed by atoms with E-state index in [0.29, 0.717) is 12.1 Å². The number of nitrogens with one attached hydrogen (secondary N) is 1. The van der Waals surface area contributed by atoms with E-state index in [2.05, 4.69) is 10.4 Å². The molecule has 108 valence electrons. The number of hydrogen-bond donors (Lipinski definition) is 1. The summed E-state index contributed by atoms with van der Waals surface area (Å²) in [6, 6.07) is 9.11. The van der Waals surface area contributed by atoms with Gasteiger partial charge in [0.2, 0.25) is 0 Å². The summed E-state index contributed by atoms with van der Waals surface area (Å²) < 4.78 is 15.8. The van der Waals surface area contributed by atoms with Gasteiger partial charge in [-0.3, -0.25) is 4.68 Å². The van der Waals surface area contributed by atoms with E-state index in [-0.39, 0.29) is 5.82 Å². The Hall–Kier alpha value is -2.14. The number of aryl methyl sites for hydroxylation is 1. The van der Waals surface area contributed by atoms with Crippen LogP contribution in [0.3, 0.4) is 0 Å². The van der Waals surface area contributed by atoms with Crippen molar-refractivity contribution < 1.29 is 4.39 Å². The van der Waals surface area contributed by atoms with Gasteiger partial charge in [0.1, 0.15) is 5.82 Å². The maximum atomic E-state index is 13.9. The van der Waals surface area contributed by atoms with Crippen molar-refractivity contribution in [3.8, 4) is 10.4 Å². The van der Waals surface area contributed by atoms with Gasteiger partial charge in [0, 0.05) is 29.7 Å². The van der Waals surface area contributed by atoms with E-state index in [0.717, 1.165) is 22.7 Å². The molecule has 0 aliphatic heterocycles. The van der Waals surface area contributed by atoms with Gasteiger partial charge in [0.05, 0.1) is 11.9 Å². The number of anilines is 1. The van der Waals surface area contributed by atoms with Crippen molar-refractivity contribution in [2.24, 2.45) is 0 Å². The first kappa shape index (κ1) is 13.8. The van der Waals surface area contributed by atoms with Crippen molar-refractivity contribution in [2.45, 2.75) is 20.0 Å². The van der Waals surface area contributed by atoms with Crippen LogP contribution >= 0.6 is 11.3 Å². The zero-order valence-electron chi connectivity index (χ0n) is 11.7. The molecule has 0 bridgehead atoms. The first-order valence-corrected chi connectivity index (χ1v) is 7.73. The maximum Gasteiger partial charge on any atom is 0.131 e. The highest BCUT2D eigenvalue weighted by Crippen LogP contribution is 2.28. The number of nitrogens with zero attached hydrogens (tertiary/aromatic N) is 2. The molecule has 2 heterocycles. The molecule has 1 aromatic carbocycles. The first-order chi connectivity index (χ1) is 10.3. The SMILES string of the molecule is CCn1cc(NCc2ccc(F)c(-c3cccs3)c2)cn1. The summed E-state index contributed by atoms with van der Waals surface area (Å²) in [6.07, 6.45) is 3.76. The zero-order chi connectivity index (χ0) is 14.7. The topological polar surface area (TPSA) is 29.9 Å². The standard InChI is InChI=1S/C16H16FN3S/c1-2-20-11-13(10-19-20)18-9-12-5-6-15(17)14(8-12)16-4-3-7-21-16/h3-8,10-11,18H,2,9H2,1H3. The summed E-state index contributed by atoms with van der Waals surface area (Å²) in [7, 11) is 0. The fourth-order valence-corrected chi connectivity index (χ4v) is 2.88. The fourth-order valence-electron chi connectivity index (χ4n) is 2.13. The van der Waals surface area contributed by atoms with Gasteiger partial charge >= 0.3 is 0 Å². The van der Waals surface area contributed by atoms with Gasteiger partial charge in [-0.25, -0.2) is 4.39 Å². The Balaban J connectivity index is 1.75. The smallest absolute Gasteiger partial charge is 0.131 e. The molecule has 3 nitrogen and oxygen atoms in total. The van der Waals surface area contributed by atoms with Crippen LogP contribution in [0.1, 0.15) is 12.5 Å². The second-order valence-electron chi connectivity index (χ2n) is 4.73. The average molecular weight is 301 g/mol. The molecule has 0 radical (unpaired) electrons. The first-order valence-electron chi connectivity index (χ1n) is 6.85. The van der Waals surface area contributed by atoms with E-state index >= 15 is 0 Å². The molecule has 0 aliphatic rings. The number of thiophene rings is 1. The van der Waals surface area contributed by atoms with Crippen LogP contribution < -0.4 is 5.32 Å². The van der Waals surface area contributed by atoms with Crippen molar-refractivity contribution in [1.29, 1.82) is 0 Å². The van der Waals surface area contributed by atoms with Gasteiger partial charge in [-0.15, -0.1) is 11.3 Å². The van der Waals surface area contributed by atoms with E-state index in [1.54, 1.807) is 17.5 Å². The second-order valence-corrected chi connectivity index (χ2v) is 5.68. The van der Waals surface area contributed by atoms with Gasteiger partial charge < -0.3 is 5.32 Å². The maximum absolute atomic E-state index is 13.9. The highest BCUT2D eigenvalue weighted by Gasteiger charge is 2.07. The molecular weight excluding hydrogens is 285 g/mol. The molecule has 1 N–H and O–H groups in total. The lowest BCUT2D eigenvalue weighted by Gasteiger charge is -2.07. The molecule has 0 amide bonds. The summed E-state index contributed by atoms with van der Waals surface area (Å²) in [5.41, 5.74) is 2.68. The molecule has 0 spiro atoms. The Morgan fingerprint density at radius 1 is 1.33 bits per heavy atom. The summed E-state index contributed by atoms with van der Waals surface area (Å²) in [4.78, 5) is 0.952. The van der Waals surface area contributed by atoms with Crippen molar-refractivity contribution in [3.63, 3.8) is 0 Å². The van der Waals surface area contributed by atoms with E-state index in [1.807, 2.05) is 47.4 Å². The Morgan fingerprint density at radius 2 is 2.24 bits per heavy atom. The van der Waals surface area contributed by atoms with E-state index < -0.39 is 0 Å². The molecule has 0 saturated carbocycles. The highest BCUT2D eigenvalue weighted by molar-refractivity contribution is 7.13. The monoisotopic (exact) mass is 301 g/mol. The third-order valence-electron chi connectivity index (χ3n) is 3.27. The third kappa shape index (κ3) is 3.13. The molecule has 0 fully saturated rings. The summed E-state index contributed by atoms with van der Waals surface area (Å²) in [5.74, 6) is -0.181. The van der Waals surface area contributed by atoms with E-state index in [9.17, 15) is 4.39 Å². The summed E-state index contributed by atoms with van der Waals surface area (Å²) >= 11 is 1.55. The lowest BCUT2D eigenvalue weighted by Crippen LogP contribution is -1.99. The van der Waals surface area contributed by atoms with Crippen LogP contribution in [0, 0.1) is 5.82 Å². The van der Waals surface area contributed by atoms with Crippen molar-refractivity contribution in [2.75, 3.05) is 5.32 Å². The molecule has 0 atom stereocenters. The van der Waals surface area contributed by atoms with Crippen molar-refractivity contribution in [3.05, 3.63) is 59.5 Å². The van der Waals surface area contributed by atoms with E-state index in [1.165, 1.54) is 6.07 Å². The van der Waals surface area contributed by atoms with Gasteiger partial charge in [0.25, 0.3) is 0 Å². The van der Waals surface area contributed by atoms with Crippen LogP contribution in [0.25, 0.3) is 10.4 Å². The lowest BCUT2D eigenvalue weighted by atomic mass is 10.1. The Kier molecular flexibility index (Phi) is 4.01. The van der Waals surface area contributed by atoms with Crippen molar-refractivity contribution in [1.82, 2.24) is 9.78 Å². The van der Waals surface area contributed by atoms with Gasteiger partial charge in [0.15, 0.2) is 0 Å². The Bertz CT molecular complexity index is 719. The number of halogens is 1. The van der Waals surface area contributed by atoms with Gasteiger partial charge in [-0.1, -0.05) is 12.1 Å². The Labute approximate surface area is 127 Å². The number of hydrogen-bond acceptors (Lipinski definition) is 3. The zero-order valence-corrected chi connectivity index (χ0v) is 12.5. The Morgan fingerprint density at radius 3 is 2.95 bits per heavy atom. The minimum absolute atomic E-state index is 0.181. The van der Waals surface area contributed by atoms with Crippen LogP contribution in [0.15, 0.2) is 48.1 Å². The average Bonchev–Trinajstić information content (AvgIpc) is 3.18. The summed E-state index contributed by atoms with van der Waals surface area (Å²) in [5, 5.41) is 9.48. The molecule has 21 heavy (non-hydrogen) atoms. The van der Waals surface area contributed by atoms with Crippen LogP contribution in [0.4, 0.5) is 10.1 Å². The second kappa shape index (κ2) is 6.10. The predicted molar refractivity (Wildman–Crippen MR) is 84.9 cm³/mol. The molecule has 3 aromatic rings. The third-order valence-corrected chi connectivity index (χ3v) is 4.17. The molecule has 0 unspecified atom stereocenters. The molecule has 5 heteroatoms. The largest absolute Gasteiger partial charge is 0.378 e. The minimum atomic E-state index is -0.181. The molecule has 2 aromatic heterocycles. The van der Waals surface area contributed by atoms with Crippen LogP contribution in [-0.2, 0) is 13.1 Å². The fraction of sp³-hybridized carbons (Fsp3) is 0.188. The number of rotatable bonds is 5. The molecule has 3 rings (SSSR count). The van der Waals surface area contributed by atoms with Crippen molar-refractivity contribution >= 4 is 17.0 Å². The predicted octanol–water partition coefficient (Wildman–Crippen LogP) is 4.38. The quantitative estimate of drug-likeness (QED) is 0.758. The van der Waals surface area contributed by atoms with Gasteiger partial charge in [-0.05, 0) is 36.1 Å². The highest BCUT2D eigenvalue weighted by atomic mass is 32.1. The lowest BCUT2D eigenvalue weighted by molar-refractivity contribution is 0.631.